The number of hydrogen-bond donors (Lipinski definition) is 1. The predicted octanol–water partition coefficient (Wildman–Crippen LogP) is 1.85. The van der Waals surface area contributed by atoms with E-state index < -0.39 is 6.10 Å². The summed E-state index contributed by atoms with van der Waals surface area (Å²) in [4.78, 5) is 13.9. The van der Waals surface area contributed by atoms with E-state index in [0.717, 1.165) is 5.56 Å². The molecule has 100 valence electrons. The van der Waals surface area contributed by atoms with Gasteiger partial charge in [-0.25, -0.2) is 0 Å². The minimum absolute atomic E-state index is 0.0869. The molecule has 4 nitrogen and oxygen atoms in total. The maximum atomic E-state index is 12.3. The van der Waals surface area contributed by atoms with Gasteiger partial charge in [-0.3, -0.25) is 4.79 Å². The maximum absolute atomic E-state index is 12.3. The monoisotopic (exact) mass is 251 g/mol. The predicted molar refractivity (Wildman–Crippen MR) is 71.0 cm³/mol. The Morgan fingerprint density at radius 3 is 2.72 bits per heavy atom. The van der Waals surface area contributed by atoms with Crippen LogP contribution in [0.25, 0.3) is 0 Å². The van der Waals surface area contributed by atoms with Gasteiger partial charge in [-0.2, -0.15) is 0 Å². The molecule has 4 heteroatoms. The highest BCUT2D eigenvalue weighted by atomic mass is 16.5. The fourth-order valence-corrected chi connectivity index (χ4v) is 1.68. The van der Waals surface area contributed by atoms with Crippen LogP contribution in [0.4, 0.5) is 0 Å². The number of carbonyl (C=O) groups excluding carboxylic acids is 1. The molecule has 0 aliphatic carbocycles. The van der Waals surface area contributed by atoms with E-state index in [1.54, 1.807) is 32.0 Å². The van der Waals surface area contributed by atoms with E-state index in [1.165, 1.54) is 0 Å². The summed E-state index contributed by atoms with van der Waals surface area (Å²) < 4.78 is 5.20. The average Bonchev–Trinajstić information content (AvgIpc) is 2.34. The van der Waals surface area contributed by atoms with E-state index in [-0.39, 0.29) is 5.91 Å². The molecule has 1 aromatic rings. The molecule has 1 rings (SSSR count). The van der Waals surface area contributed by atoms with Crippen LogP contribution in [0.3, 0.4) is 0 Å². The van der Waals surface area contributed by atoms with Gasteiger partial charge in [0.2, 0.25) is 0 Å². The number of ether oxygens (including phenoxy) is 1. The Labute approximate surface area is 108 Å². The fraction of sp³-hybridized carbons (Fsp3) is 0.500. The van der Waals surface area contributed by atoms with Crippen LogP contribution in [0.2, 0.25) is 0 Å². The highest BCUT2D eigenvalue weighted by Crippen LogP contribution is 2.21. The molecule has 0 aromatic heterocycles. The summed E-state index contributed by atoms with van der Waals surface area (Å²) in [5.74, 6) is 0.491. The zero-order valence-corrected chi connectivity index (χ0v) is 11.4. The molecule has 1 N–H and O–H groups in total. The first kappa shape index (κ1) is 14.5. The summed E-state index contributed by atoms with van der Waals surface area (Å²) in [6, 6.07) is 5.52. The van der Waals surface area contributed by atoms with Gasteiger partial charge in [-0.05, 0) is 32.4 Å². The second-order valence-corrected chi connectivity index (χ2v) is 4.57. The Kier molecular flexibility index (Phi) is 5.16. The molecule has 1 aromatic carbocycles. The summed E-state index contributed by atoms with van der Waals surface area (Å²) >= 11 is 0. The van der Waals surface area contributed by atoms with Crippen LogP contribution in [0.15, 0.2) is 18.2 Å². The zero-order valence-electron chi connectivity index (χ0n) is 11.4. The van der Waals surface area contributed by atoms with Gasteiger partial charge in [0.15, 0.2) is 0 Å². The number of aliphatic hydroxyl groups excluding tert-OH is 1. The number of amides is 1. The van der Waals surface area contributed by atoms with Gasteiger partial charge in [-0.1, -0.05) is 11.6 Å². The maximum Gasteiger partial charge on any atom is 0.257 e. The molecule has 0 radical (unpaired) electrons. The Balaban J connectivity index is 2.85. The minimum atomic E-state index is -0.403. The van der Waals surface area contributed by atoms with Crippen LogP contribution in [-0.2, 0) is 0 Å². The molecule has 1 atom stereocenters. The molecular formula is C14H21NO3. The quantitative estimate of drug-likeness (QED) is 0.868. The second kappa shape index (κ2) is 6.40. The second-order valence-electron chi connectivity index (χ2n) is 4.57. The molecule has 0 saturated carbocycles. The van der Waals surface area contributed by atoms with E-state index in [0.29, 0.717) is 24.3 Å². The molecule has 0 bridgehead atoms. The Bertz CT molecular complexity index is 416. The molecule has 0 aliphatic rings. The number of rotatable bonds is 5. The van der Waals surface area contributed by atoms with Crippen molar-refractivity contribution in [2.45, 2.75) is 26.4 Å². The van der Waals surface area contributed by atoms with E-state index in [4.69, 9.17) is 4.74 Å². The number of carbonyl (C=O) groups is 1. The number of aryl methyl sites for hydroxylation is 1. The first-order chi connectivity index (χ1) is 8.45. The van der Waals surface area contributed by atoms with E-state index in [2.05, 4.69) is 0 Å². The topological polar surface area (TPSA) is 49.8 Å². The van der Waals surface area contributed by atoms with Crippen LogP contribution < -0.4 is 4.74 Å². The van der Waals surface area contributed by atoms with E-state index >= 15 is 0 Å². The molecule has 18 heavy (non-hydrogen) atoms. The third-order valence-corrected chi connectivity index (χ3v) is 2.81. The van der Waals surface area contributed by atoms with Gasteiger partial charge >= 0.3 is 0 Å². The van der Waals surface area contributed by atoms with Gasteiger partial charge in [-0.15, -0.1) is 0 Å². The molecule has 1 unspecified atom stereocenters. The zero-order chi connectivity index (χ0) is 13.7. The highest BCUT2D eigenvalue weighted by molar-refractivity contribution is 5.97. The lowest BCUT2D eigenvalue weighted by atomic mass is 10.1. The molecule has 0 saturated heterocycles. The third kappa shape index (κ3) is 3.74. The van der Waals surface area contributed by atoms with Crippen molar-refractivity contribution in [2.75, 3.05) is 20.7 Å². The van der Waals surface area contributed by atoms with Crippen LogP contribution >= 0.6 is 0 Å². The highest BCUT2D eigenvalue weighted by Gasteiger charge is 2.16. The standard InChI is InChI=1S/C14H21NO3/c1-10-5-6-13(18-4)12(9-10)14(17)15(3)8-7-11(2)16/h5-6,9,11,16H,7-8H2,1-4H3. The van der Waals surface area contributed by atoms with Crippen molar-refractivity contribution in [3.8, 4) is 5.75 Å². The largest absolute Gasteiger partial charge is 0.496 e. The van der Waals surface area contributed by atoms with Gasteiger partial charge < -0.3 is 14.7 Å². The lowest BCUT2D eigenvalue weighted by molar-refractivity contribution is 0.0765. The van der Waals surface area contributed by atoms with Crippen LogP contribution in [0, 0.1) is 6.92 Å². The molecule has 0 spiro atoms. The smallest absolute Gasteiger partial charge is 0.257 e. The normalized spacial score (nSPS) is 12.1. The molecule has 0 heterocycles. The first-order valence-corrected chi connectivity index (χ1v) is 6.04. The Morgan fingerprint density at radius 2 is 2.17 bits per heavy atom. The van der Waals surface area contributed by atoms with Crippen molar-refractivity contribution >= 4 is 5.91 Å². The van der Waals surface area contributed by atoms with Gasteiger partial charge in [0.05, 0.1) is 18.8 Å². The summed E-state index contributed by atoms with van der Waals surface area (Å²) in [5.41, 5.74) is 1.58. The number of methoxy groups -OCH3 is 1. The number of nitrogens with zero attached hydrogens (tertiary/aromatic N) is 1. The van der Waals surface area contributed by atoms with Crippen molar-refractivity contribution < 1.29 is 14.6 Å². The van der Waals surface area contributed by atoms with E-state index in [1.807, 2.05) is 19.1 Å². The molecule has 0 aliphatic heterocycles. The van der Waals surface area contributed by atoms with Gasteiger partial charge in [0.25, 0.3) is 5.91 Å². The molecule has 0 fully saturated rings. The lowest BCUT2D eigenvalue weighted by Crippen LogP contribution is -2.29. The summed E-state index contributed by atoms with van der Waals surface area (Å²) in [7, 11) is 3.28. The third-order valence-electron chi connectivity index (χ3n) is 2.81. The fourth-order valence-electron chi connectivity index (χ4n) is 1.68. The Hall–Kier alpha value is -1.55. The number of benzene rings is 1. The van der Waals surface area contributed by atoms with Crippen molar-refractivity contribution in [2.24, 2.45) is 0 Å². The van der Waals surface area contributed by atoms with Crippen LogP contribution in [0.5, 0.6) is 5.75 Å². The summed E-state index contributed by atoms with van der Waals surface area (Å²) in [6.45, 7) is 4.17. The van der Waals surface area contributed by atoms with Gasteiger partial charge in [0.1, 0.15) is 5.75 Å². The van der Waals surface area contributed by atoms with Crippen molar-refractivity contribution in [3.05, 3.63) is 29.3 Å². The SMILES string of the molecule is COc1ccc(C)cc1C(=O)N(C)CCC(C)O. The first-order valence-electron chi connectivity index (χ1n) is 6.04. The van der Waals surface area contributed by atoms with Gasteiger partial charge in [0, 0.05) is 13.6 Å². The Morgan fingerprint density at radius 1 is 1.50 bits per heavy atom. The van der Waals surface area contributed by atoms with E-state index in [9.17, 15) is 9.90 Å². The van der Waals surface area contributed by atoms with Crippen LogP contribution in [0.1, 0.15) is 29.3 Å². The van der Waals surface area contributed by atoms with Crippen molar-refractivity contribution in [3.63, 3.8) is 0 Å². The average molecular weight is 251 g/mol. The molecular weight excluding hydrogens is 230 g/mol. The van der Waals surface area contributed by atoms with Crippen LogP contribution in [-0.4, -0.2) is 42.7 Å². The van der Waals surface area contributed by atoms with Crippen molar-refractivity contribution in [1.82, 2.24) is 4.90 Å². The number of hydrogen-bond acceptors (Lipinski definition) is 3. The number of aliphatic hydroxyl groups is 1. The molecule has 1 amide bonds. The lowest BCUT2D eigenvalue weighted by Gasteiger charge is -2.19. The summed E-state index contributed by atoms with van der Waals surface area (Å²) in [5, 5.41) is 9.24. The minimum Gasteiger partial charge on any atom is -0.496 e. The summed E-state index contributed by atoms with van der Waals surface area (Å²) in [6.07, 6.45) is 0.163. The van der Waals surface area contributed by atoms with Crippen molar-refractivity contribution in [1.29, 1.82) is 0 Å².